The van der Waals surface area contributed by atoms with E-state index in [-0.39, 0.29) is 12.7 Å². The molecule has 0 saturated carbocycles. The van der Waals surface area contributed by atoms with Crippen molar-refractivity contribution in [3.8, 4) is 11.5 Å². The van der Waals surface area contributed by atoms with Gasteiger partial charge in [-0.05, 0) is 24.0 Å². The van der Waals surface area contributed by atoms with E-state index in [2.05, 4.69) is 5.32 Å². The van der Waals surface area contributed by atoms with Crippen molar-refractivity contribution in [3.63, 3.8) is 0 Å². The lowest BCUT2D eigenvalue weighted by molar-refractivity contribution is 0.102. The SMILES string of the molecule is CSCc1ccc(C(=O)Nc2cc3c(cc2Cl)OCO3)cc1. The van der Waals surface area contributed by atoms with Crippen LogP contribution >= 0.6 is 23.4 Å². The molecule has 4 nitrogen and oxygen atoms in total. The van der Waals surface area contributed by atoms with Crippen LogP contribution in [0.1, 0.15) is 15.9 Å². The van der Waals surface area contributed by atoms with Crippen molar-refractivity contribution in [1.29, 1.82) is 0 Å². The van der Waals surface area contributed by atoms with E-state index in [4.69, 9.17) is 21.1 Å². The van der Waals surface area contributed by atoms with Gasteiger partial charge < -0.3 is 14.8 Å². The first kappa shape index (κ1) is 15.1. The topological polar surface area (TPSA) is 47.6 Å². The smallest absolute Gasteiger partial charge is 0.255 e. The molecule has 22 heavy (non-hydrogen) atoms. The van der Waals surface area contributed by atoms with Gasteiger partial charge in [0.1, 0.15) is 0 Å². The number of anilines is 1. The van der Waals surface area contributed by atoms with Gasteiger partial charge in [-0.15, -0.1) is 0 Å². The molecule has 0 fully saturated rings. The minimum Gasteiger partial charge on any atom is -0.454 e. The molecule has 0 aromatic heterocycles. The Morgan fingerprint density at radius 2 is 1.91 bits per heavy atom. The first-order chi connectivity index (χ1) is 10.7. The summed E-state index contributed by atoms with van der Waals surface area (Å²) >= 11 is 7.89. The fraction of sp³-hybridized carbons (Fsp3) is 0.188. The molecule has 2 aromatic carbocycles. The van der Waals surface area contributed by atoms with E-state index in [9.17, 15) is 4.79 Å². The fourth-order valence-electron chi connectivity index (χ4n) is 2.13. The summed E-state index contributed by atoms with van der Waals surface area (Å²) in [5.74, 6) is 1.88. The van der Waals surface area contributed by atoms with Gasteiger partial charge in [0.25, 0.3) is 5.91 Å². The average molecular weight is 336 g/mol. The summed E-state index contributed by atoms with van der Waals surface area (Å²) in [5, 5.41) is 3.21. The van der Waals surface area contributed by atoms with Gasteiger partial charge in [0.15, 0.2) is 11.5 Å². The molecule has 1 amide bonds. The first-order valence-corrected chi connectivity index (χ1v) is 8.43. The lowest BCUT2D eigenvalue weighted by Gasteiger charge is -2.09. The molecular formula is C16H14ClNO3S. The van der Waals surface area contributed by atoms with Gasteiger partial charge >= 0.3 is 0 Å². The van der Waals surface area contributed by atoms with Crippen molar-refractivity contribution >= 4 is 35.0 Å². The van der Waals surface area contributed by atoms with Crippen LogP contribution in [-0.2, 0) is 5.75 Å². The predicted molar refractivity (Wildman–Crippen MR) is 89.2 cm³/mol. The molecule has 0 spiro atoms. The highest BCUT2D eigenvalue weighted by Gasteiger charge is 2.18. The Kier molecular flexibility index (Phi) is 4.45. The van der Waals surface area contributed by atoms with Crippen LogP contribution in [0.4, 0.5) is 5.69 Å². The van der Waals surface area contributed by atoms with Crippen molar-refractivity contribution in [3.05, 3.63) is 52.5 Å². The summed E-state index contributed by atoms with van der Waals surface area (Å²) < 4.78 is 10.5. The number of carbonyl (C=O) groups is 1. The summed E-state index contributed by atoms with van der Waals surface area (Å²) in [6.45, 7) is 0.167. The summed E-state index contributed by atoms with van der Waals surface area (Å²) in [5.41, 5.74) is 2.27. The monoisotopic (exact) mass is 335 g/mol. The van der Waals surface area contributed by atoms with Crippen molar-refractivity contribution in [2.45, 2.75) is 5.75 Å². The van der Waals surface area contributed by atoms with Gasteiger partial charge in [0, 0.05) is 23.4 Å². The van der Waals surface area contributed by atoms with Crippen molar-refractivity contribution < 1.29 is 14.3 Å². The molecule has 1 heterocycles. The van der Waals surface area contributed by atoms with Crippen molar-refractivity contribution in [2.75, 3.05) is 18.4 Å². The van der Waals surface area contributed by atoms with Gasteiger partial charge in [0.2, 0.25) is 6.79 Å². The van der Waals surface area contributed by atoms with Crippen LogP contribution in [-0.4, -0.2) is 19.0 Å². The Bertz CT molecular complexity index is 703. The Morgan fingerprint density at radius 3 is 2.59 bits per heavy atom. The third-order valence-electron chi connectivity index (χ3n) is 3.24. The lowest BCUT2D eigenvalue weighted by atomic mass is 10.1. The third-order valence-corrected chi connectivity index (χ3v) is 4.17. The van der Waals surface area contributed by atoms with Gasteiger partial charge in [0.05, 0.1) is 10.7 Å². The maximum Gasteiger partial charge on any atom is 0.255 e. The van der Waals surface area contributed by atoms with Crippen LogP contribution in [0.3, 0.4) is 0 Å². The normalized spacial score (nSPS) is 12.3. The van der Waals surface area contributed by atoms with Gasteiger partial charge in [-0.2, -0.15) is 11.8 Å². The second-order valence-corrected chi connectivity index (χ2v) is 6.04. The van der Waals surface area contributed by atoms with Crippen LogP contribution in [0.2, 0.25) is 5.02 Å². The number of nitrogens with one attached hydrogen (secondary N) is 1. The summed E-state index contributed by atoms with van der Waals surface area (Å²) in [6, 6.07) is 10.8. The summed E-state index contributed by atoms with van der Waals surface area (Å²) in [4.78, 5) is 12.3. The minimum absolute atomic E-state index is 0.167. The predicted octanol–water partition coefficient (Wildman–Crippen LogP) is 4.18. The molecule has 0 radical (unpaired) electrons. The lowest BCUT2D eigenvalue weighted by Crippen LogP contribution is -2.12. The zero-order chi connectivity index (χ0) is 15.5. The number of halogens is 1. The molecule has 0 bridgehead atoms. The number of thioether (sulfide) groups is 1. The molecule has 1 aliphatic rings. The third kappa shape index (κ3) is 3.15. The van der Waals surface area contributed by atoms with Crippen LogP contribution in [0.25, 0.3) is 0 Å². The number of amides is 1. The molecule has 0 atom stereocenters. The molecule has 114 valence electrons. The Morgan fingerprint density at radius 1 is 1.23 bits per heavy atom. The zero-order valence-electron chi connectivity index (χ0n) is 11.9. The Balaban J connectivity index is 1.76. The van der Waals surface area contributed by atoms with Gasteiger partial charge in [-0.25, -0.2) is 0 Å². The van der Waals surface area contributed by atoms with E-state index in [1.54, 1.807) is 23.9 Å². The molecule has 2 aromatic rings. The Hall–Kier alpha value is -1.85. The largest absolute Gasteiger partial charge is 0.454 e. The molecule has 0 saturated heterocycles. The van der Waals surface area contributed by atoms with Crippen LogP contribution < -0.4 is 14.8 Å². The van der Waals surface area contributed by atoms with E-state index in [0.29, 0.717) is 27.8 Å². The fourth-order valence-corrected chi connectivity index (χ4v) is 2.85. The molecule has 1 N–H and O–H groups in total. The molecule has 3 rings (SSSR count). The molecular weight excluding hydrogens is 322 g/mol. The van der Waals surface area contributed by atoms with E-state index in [1.807, 2.05) is 30.5 Å². The van der Waals surface area contributed by atoms with Gasteiger partial charge in [-0.3, -0.25) is 4.79 Å². The highest BCUT2D eigenvalue weighted by molar-refractivity contribution is 7.97. The minimum atomic E-state index is -0.212. The average Bonchev–Trinajstić information content (AvgIpc) is 2.95. The molecule has 1 aliphatic heterocycles. The van der Waals surface area contributed by atoms with Crippen LogP contribution in [0.15, 0.2) is 36.4 Å². The first-order valence-electron chi connectivity index (χ1n) is 6.66. The van der Waals surface area contributed by atoms with Gasteiger partial charge in [-0.1, -0.05) is 23.7 Å². The zero-order valence-corrected chi connectivity index (χ0v) is 13.5. The van der Waals surface area contributed by atoms with Crippen LogP contribution in [0.5, 0.6) is 11.5 Å². The molecule has 6 heteroatoms. The van der Waals surface area contributed by atoms with Crippen molar-refractivity contribution in [2.24, 2.45) is 0 Å². The van der Waals surface area contributed by atoms with E-state index < -0.39 is 0 Å². The highest BCUT2D eigenvalue weighted by Crippen LogP contribution is 2.39. The number of ether oxygens (including phenoxy) is 2. The number of rotatable bonds is 4. The molecule has 0 aliphatic carbocycles. The summed E-state index contributed by atoms with van der Waals surface area (Å²) in [6.07, 6.45) is 2.04. The van der Waals surface area contributed by atoms with Crippen LogP contribution in [0, 0.1) is 0 Å². The maximum absolute atomic E-state index is 12.3. The number of hydrogen-bond donors (Lipinski definition) is 1. The van der Waals surface area contributed by atoms with Crippen molar-refractivity contribution in [1.82, 2.24) is 0 Å². The van der Waals surface area contributed by atoms with E-state index in [1.165, 1.54) is 5.56 Å². The second kappa shape index (κ2) is 6.50. The number of benzene rings is 2. The summed E-state index contributed by atoms with van der Waals surface area (Å²) in [7, 11) is 0. The number of hydrogen-bond acceptors (Lipinski definition) is 4. The standard InChI is InChI=1S/C16H14ClNO3S/c1-22-8-10-2-4-11(5-3-10)16(19)18-13-7-15-14(6-12(13)17)20-9-21-15/h2-7H,8-9H2,1H3,(H,18,19). The van der Waals surface area contributed by atoms with E-state index >= 15 is 0 Å². The second-order valence-electron chi connectivity index (χ2n) is 4.77. The number of fused-ring (bicyclic) bond motifs is 1. The van der Waals surface area contributed by atoms with E-state index in [0.717, 1.165) is 5.75 Å². The highest BCUT2D eigenvalue weighted by atomic mass is 35.5. The maximum atomic E-state index is 12.3. The quantitative estimate of drug-likeness (QED) is 0.910. The Labute approximate surface area is 137 Å². The molecule has 0 unspecified atom stereocenters. The number of carbonyl (C=O) groups excluding carboxylic acids is 1.